The number of nitrogens with zero attached hydrogens (tertiary/aromatic N) is 1. The molecule has 0 radical (unpaired) electrons. The Morgan fingerprint density at radius 2 is 1.90 bits per heavy atom. The molecule has 21 heavy (non-hydrogen) atoms. The molecule has 0 heterocycles. The zero-order valence-corrected chi connectivity index (χ0v) is 12.5. The molecular formula is C16H17ClN2O2. The Balaban J connectivity index is 1.93. The maximum absolute atomic E-state index is 10.9. The second kappa shape index (κ2) is 7.20. The molecule has 0 saturated heterocycles. The maximum atomic E-state index is 10.9. The van der Waals surface area contributed by atoms with E-state index >= 15 is 0 Å². The van der Waals surface area contributed by atoms with Crippen LogP contribution in [-0.2, 0) is 13.0 Å². The third-order valence-corrected chi connectivity index (χ3v) is 3.57. The first-order valence-electron chi connectivity index (χ1n) is 6.76. The van der Waals surface area contributed by atoms with Crippen molar-refractivity contribution in [3.8, 4) is 0 Å². The van der Waals surface area contributed by atoms with Gasteiger partial charge in [0, 0.05) is 18.7 Å². The highest BCUT2D eigenvalue weighted by atomic mass is 35.5. The van der Waals surface area contributed by atoms with Crippen LogP contribution in [0.5, 0.6) is 0 Å². The van der Waals surface area contributed by atoms with Gasteiger partial charge in [-0.05, 0) is 30.5 Å². The molecule has 0 aliphatic rings. The Morgan fingerprint density at radius 1 is 1.19 bits per heavy atom. The third kappa shape index (κ3) is 4.55. The summed E-state index contributed by atoms with van der Waals surface area (Å²) in [6.07, 6.45) is 0.913. The first kappa shape index (κ1) is 15.5. The predicted octanol–water partition coefficient (Wildman–Crippen LogP) is 3.97. The minimum absolute atomic E-state index is 0.0494. The van der Waals surface area contributed by atoms with E-state index < -0.39 is 4.92 Å². The molecule has 0 aliphatic carbocycles. The Morgan fingerprint density at radius 3 is 2.57 bits per heavy atom. The van der Waals surface area contributed by atoms with Gasteiger partial charge >= 0.3 is 0 Å². The summed E-state index contributed by atoms with van der Waals surface area (Å²) in [6.45, 7) is 2.67. The highest BCUT2D eigenvalue weighted by Crippen LogP contribution is 2.25. The van der Waals surface area contributed by atoms with Crippen LogP contribution in [0.15, 0.2) is 48.5 Å². The molecule has 0 fully saturated rings. The lowest BCUT2D eigenvalue weighted by atomic mass is 10.1. The molecule has 2 rings (SSSR count). The highest BCUT2D eigenvalue weighted by molar-refractivity contribution is 6.32. The van der Waals surface area contributed by atoms with Crippen LogP contribution in [0.1, 0.15) is 18.1 Å². The lowest BCUT2D eigenvalue weighted by Crippen LogP contribution is -2.27. The second-order valence-corrected chi connectivity index (χ2v) is 5.42. The molecule has 0 saturated carbocycles. The van der Waals surface area contributed by atoms with Crippen LogP contribution in [0.3, 0.4) is 0 Å². The van der Waals surface area contributed by atoms with E-state index in [4.69, 9.17) is 11.6 Å². The number of nitro groups is 1. The number of benzene rings is 2. The van der Waals surface area contributed by atoms with E-state index in [0.29, 0.717) is 6.54 Å². The Hall–Kier alpha value is -1.91. The van der Waals surface area contributed by atoms with Crippen molar-refractivity contribution < 1.29 is 4.92 Å². The predicted molar refractivity (Wildman–Crippen MR) is 84.6 cm³/mol. The summed E-state index contributed by atoms with van der Waals surface area (Å²) in [7, 11) is 0. The smallest absolute Gasteiger partial charge is 0.288 e. The highest BCUT2D eigenvalue weighted by Gasteiger charge is 2.13. The van der Waals surface area contributed by atoms with Crippen LogP contribution in [-0.4, -0.2) is 11.0 Å². The molecule has 0 spiro atoms. The fourth-order valence-corrected chi connectivity index (χ4v) is 2.33. The minimum atomic E-state index is -0.459. The van der Waals surface area contributed by atoms with Crippen LogP contribution in [0.4, 0.5) is 5.69 Å². The molecule has 2 aromatic carbocycles. The first-order chi connectivity index (χ1) is 10.1. The van der Waals surface area contributed by atoms with Gasteiger partial charge in [-0.2, -0.15) is 0 Å². The van der Waals surface area contributed by atoms with Gasteiger partial charge in [0.2, 0.25) is 0 Å². The van der Waals surface area contributed by atoms with Crippen LogP contribution in [0.2, 0.25) is 5.02 Å². The van der Waals surface area contributed by atoms with E-state index in [1.807, 2.05) is 18.2 Å². The fourth-order valence-electron chi connectivity index (χ4n) is 2.14. The number of halogens is 1. The van der Waals surface area contributed by atoms with Crippen molar-refractivity contribution in [3.05, 3.63) is 74.8 Å². The number of rotatable bonds is 6. The summed E-state index contributed by atoms with van der Waals surface area (Å²) in [5.41, 5.74) is 2.07. The number of hydrogen-bond donors (Lipinski definition) is 1. The van der Waals surface area contributed by atoms with E-state index in [1.165, 1.54) is 11.6 Å². The largest absolute Gasteiger partial charge is 0.310 e. The van der Waals surface area contributed by atoms with E-state index in [-0.39, 0.29) is 16.8 Å². The van der Waals surface area contributed by atoms with Crippen LogP contribution >= 0.6 is 11.6 Å². The summed E-state index contributed by atoms with van der Waals surface area (Å²) in [5.74, 6) is 0. The molecule has 1 N–H and O–H groups in total. The van der Waals surface area contributed by atoms with Crippen molar-refractivity contribution >= 4 is 17.3 Å². The molecule has 2 aromatic rings. The van der Waals surface area contributed by atoms with Crippen LogP contribution < -0.4 is 5.32 Å². The summed E-state index contributed by atoms with van der Waals surface area (Å²) >= 11 is 5.80. The van der Waals surface area contributed by atoms with Crippen LogP contribution in [0, 0.1) is 10.1 Å². The molecule has 1 atom stereocenters. The third-order valence-electron chi connectivity index (χ3n) is 3.25. The molecule has 110 valence electrons. The van der Waals surface area contributed by atoms with Gasteiger partial charge in [0.15, 0.2) is 0 Å². The molecule has 0 bridgehead atoms. The number of nitrogens with one attached hydrogen (secondary N) is 1. The van der Waals surface area contributed by atoms with E-state index in [1.54, 1.807) is 12.1 Å². The lowest BCUT2D eigenvalue weighted by molar-refractivity contribution is -0.384. The Labute approximate surface area is 128 Å². The first-order valence-corrected chi connectivity index (χ1v) is 7.14. The minimum Gasteiger partial charge on any atom is -0.310 e. The van der Waals surface area contributed by atoms with E-state index in [9.17, 15) is 10.1 Å². The van der Waals surface area contributed by atoms with Crippen molar-refractivity contribution in [1.29, 1.82) is 0 Å². The van der Waals surface area contributed by atoms with Gasteiger partial charge in [0.25, 0.3) is 5.69 Å². The van der Waals surface area contributed by atoms with Crippen LogP contribution in [0.25, 0.3) is 0 Å². The van der Waals surface area contributed by atoms with Gasteiger partial charge in [0.05, 0.1) is 4.92 Å². The second-order valence-electron chi connectivity index (χ2n) is 5.01. The van der Waals surface area contributed by atoms with Gasteiger partial charge in [-0.1, -0.05) is 48.0 Å². The molecule has 1 unspecified atom stereocenters. The summed E-state index contributed by atoms with van der Waals surface area (Å²) in [5, 5.41) is 14.4. The summed E-state index contributed by atoms with van der Waals surface area (Å²) < 4.78 is 0. The Bertz CT molecular complexity index is 617. The fraction of sp³-hybridized carbons (Fsp3) is 0.250. The van der Waals surface area contributed by atoms with E-state index in [0.717, 1.165) is 12.0 Å². The van der Waals surface area contributed by atoms with Crippen molar-refractivity contribution in [2.24, 2.45) is 0 Å². The molecular weight excluding hydrogens is 288 g/mol. The topological polar surface area (TPSA) is 55.2 Å². The summed E-state index contributed by atoms with van der Waals surface area (Å²) in [4.78, 5) is 10.4. The van der Waals surface area contributed by atoms with Crippen molar-refractivity contribution in [2.75, 3.05) is 0 Å². The zero-order valence-electron chi connectivity index (χ0n) is 11.8. The molecule has 0 aromatic heterocycles. The standard InChI is InChI=1S/C16H17ClN2O2/c1-12(9-13-5-3-2-4-6-13)18-11-14-7-8-15(17)16(10-14)19(20)21/h2-8,10,12,18H,9,11H2,1H3. The number of hydrogen-bond acceptors (Lipinski definition) is 3. The molecule has 0 amide bonds. The SMILES string of the molecule is CC(Cc1ccccc1)NCc1ccc(Cl)c([N+](=O)[O-])c1. The zero-order chi connectivity index (χ0) is 15.2. The average molecular weight is 305 g/mol. The quantitative estimate of drug-likeness (QED) is 0.649. The number of nitro benzene ring substituents is 1. The van der Waals surface area contributed by atoms with Crippen molar-refractivity contribution in [3.63, 3.8) is 0 Å². The molecule has 0 aliphatic heterocycles. The molecule has 5 heteroatoms. The average Bonchev–Trinajstić information content (AvgIpc) is 2.47. The maximum Gasteiger partial charge on any atom is 0.288 e. The van der Waals surface area contributed by atoms with E-state index in [2.05, 4.69) is 24.4 Å². The molecule has 4 nitrogen and oxygen atoms in total. The van der Waals surface area contributed by atoms with Gasteiger partial charge < -0.3 is 5.32 Å². The van der Waals surface area contributed by atoms with Gasteiger partial charge in [-0.15, -0.1) is 0 Å². The normalized spacial score (nSPS) is 12.1. The van der Waals surface area contributed by atoms with Crippen molar-refractivity contribution in [1.82, 2.24) is 5.32 Å². The van der Waals surface area contributed by atoms with Gasteiger partial charge in [-0.3, -0.25) is 10.1 Å². The Kier molecular flexibility index (Phi) is 5.31. The lowest BCUT2D eigenvalue weighted by Gasteiger charge is -2.14. The van der Waals surface area contributed by atoms with Crippen molar-refractivity contribution in [2.45, 2.75) is 25.9 Å². The van der Waals surface area contributed by atoms with Gasteiger partial charge in [0.1, 0.15) is 5.02 Å². The summed E-state index contributed by atoms with van der Waals surface area (Å²) in [6, 6.07) is 15.4. The monoisotopic (exact) mass is 304 g/mol. The van der Waals surface area contributed by atoms with Gasteiger partial charge in [-0.25, -0.2) is 0 Å².